The van der Waals surface area contributed by atoms with E-state index in [1.165, 1.54) is 26.4 Å². The third kappa shape index (κ3) is 6.28. The number of rotatable bonds is 6. The summed E-state index contributed by atoms with van der Waals surface area (Å²) in [5, 5.41) is 2.63. The van der Waals surface area contributed by atoms with Crippen LogP contribution in [0.1, 0.15) is 20.8 Å². The lowest BCUT2D eigenvalue weighted by Crippen LogP contribution is -2.17. The van der Waals surface area contributed by atoms with E-state index in [9.17, 15) is 14.0 Å². The molecule has 0 heterocycles. The van der Waals surface area contributed by atoms with E-state index < -0.39 is 17.8 Å². The molecule has 0 unspecified atom stereocenters. The van der Waals surface area contributed by atoms with E-state index in [0.29, 0.717) is 6.61 Å². The Bertz CT molecular complexity index is 634. The Kier molecular flexibility index (Phi) is 6.76. The summed E-state index contributed by atoms with van der Waals surface area (Å²) in [6.07, 6.45) is 0.924. The van der Waals surface area contributed by atoms with Gasteiger partial charge in [0.1, 0.15) is 5.70 Å². The summed E-state index contributed by atoms with van der Waals surface area (Å²) in [4.78, 5) is 22.9. The topological polar surface area (TPSA) is 73.9 Å². The van der Waals surface area contributed by atoms with Crippen LogP contribution in [0.25, 0.3) is 0 Å². The molecule has 0 atom stereocenters. The molecule has 0 aliphatic heterocycles. The van der Waals surface area contributed by atoms with Gasteiger partial charge >= 0.3 is 11.9 Å². The van der Waals surface area contributed by atoms with Crippen LogP contribution in [-0.2, 0) is 19.1 Å². The quantitative estimate of drug-likeness (QED) is 0.634. The maximum atomic E-state index is 14.1. The van der Waals surface area contributed by atoms with Crippen LogP contribution in [0.2, 0.25) is 0 Å². The summed E-state index contributed by atoms with van der Waals surface area (Å²) in [5.41, 5.74) is -0.0201. The SMILES string of the molecule is COC(=O)/C=C(/Nc1ccc(OCC(C)(C)C)c(F)c1)C(=O)OC. The number of nitrogens with one attached hydrogen (secondary N) is 1. The third-order valence-corrected chi connectivity index (χ3v) is 2.74. The number of ether oxygens (including phenoxy) is 3. The number of methoxy groups -OCH3 is 2. The molecule has 0 bridgehead atoms. The van der Waals surface area contributed by atoms with E-state index >= 15 is 0 Å². The summed E-state index contributed by atoms with van der Waals surface area (Å²) in [6.45, 7) is 6.27. The molecule has 0 saturated carbocycles. The maximum Gasteiger partial charge on any atom is 0.354 e. The minimum absolute atomic E-state index is 0.104. The zero-order valence-corrected chi connectivity index (χ0v) is 14.4. The second-order valence-corrected chi connectivity index (χ2v) is 6.19. The smallest absolute Gasteiger partial charge is 0.354 e. The van der Waals surface area contributed by atoms with Gasteiger partial charge < -0.3 is 19.5 Å². The highest BCUT2D eigenvalue weighted by Crippen LogP contribution is 2.24. The van der Waals surface area contributed by atoms with Gasteiger partial charge in [-0.2, -0.15) is 0 Å². The van der Waals surface area contributed by atoms with Crippen LogP contribution >= 0.6 is 0 Å². The molecule has 0 aliphatic rings. The fraction of sp³-hybridized carbons (Fsp3) is 0.412. The fourth-order valence-corrected chi connectivity index (χ4v) is 1.58. The van der Waals surface area contributed by atoms with Crippen LogP contribution in [0.4, 0.5) is 10.1 Å². The van der Waals surface area contributed by atoms with Crippen molar-refractivity contribution in [2.45, 2.75) is 20.8 Å². The number of esters is 2. The lowest BCUT2D eigenvalue weighted by Gasteiger charge is -2.19. The molecule has 0 radical (unpaired) electrons. The summed E-state index contributed by atoms with van der Waals surface area (Å²) in [7, 11) is 2.34. The summed E-state index contributed by atoms with van der Waals surface area (Å²) >= 11 is 0. The Morgan fingerprint density at radius 2 is 1.88 bits per heavy atom. The first kappa shape index (κ1) is 19.5. The highest BCUT2D eigenvalue weighted by atomic mass is 19.1. The molecule has 1 aromatic rings. The first-order valence-corrected chi connectivity index (χ1v) is 7.23. The van der Waals surface area contributed by atoms with Crippen molar-refractivity contribution >= 4 is 17.6 Å². The van der Waals surface area contributed by atoms with Crippen molar-refractivity contribution in [1.29, 1.82) is 0 Å². The molecule has 1 aromatic carbocycles. The van der Waals surface area contributed by atoms with Crippen LogP contribution in [-0.4, -0.2) is 32.8 Å². The molecule has 0 saturated heterocycles. The molecule has 0 spiro atoms. The standard InChI is InChI=1S/C17H22FNO5/c1-17(2,3)10-24-14-7-6-11(8-12(14)18)19-13(16(21)23-5)9-15(20)22-4/h6-9,19H,10H2,1-5H3/b13-9+. The monoisotopic (exact) mass is 339 g/mol. The van der Waals surface area contributed by atoms with Crippen molar-refractivity contribution in [1.82, 2.24) is 0 Å². The van der Waals surface area contributed by atoms with E-state index in [2.05, 4.69) is 14.8 Å². The Morgan fingerprint density at radius 1 is 1.21 bits per heavy atom. The molecule has 1 N–H and O–H groups in total. The van der Waals surface area contributed by atoms with E-state index in [1.807, 2.05) is 20.8 Å². The molecule has 132 valence electrons. The van der Waals surface area contributed by atoms with E-state index in [-0.39, 0.29) is 22.5 Å². The van der Waals surface area contributed by atoms with E-state index in [1.54, 1.807) is 0 Å². The van der Waals surface area contributed by atoms with Crippen LogP contribution in [0.3, 0.4) is 0 Å². The lowest BCUT2D eigenvalue weighted by molar-refractivity contribution is -0.138. The second kappa shape index (κ2) is 8.33. The van der Waals surface area contributed by atoms with Gasteiger partial charge in [0.25, 0.3) is 0 Å². The van der Waals surface area contributed by atoms with Crippen molar-refractivity contribution in [3.63, 3.8) is 0 Å². The Hall–Kier alpha value is -2.57. The summed E-state index contributed by atoms with van der Waals surface area (Å²) in [5.74, 6) is -2.01. The van der Waals surface area contributed by atoms with Crippen molar-refractivity contribution < 1.29 is 28.2 Å². The second-order valence-electron chi connectivity index (χ2n) is 6.19. The average molecular weight is 339 g/mol. The molecule has 7 heteroatoms. The first-order valence-electron chi connectivity index (χ1n) is 7.23. The number of carbonyl (C=O) groups excluding carboxylic acids is 2. The van der Waals surface area contributed by atoms with Gasteiger partial charge in [-0.3, -0.25) is 0 Å². The predicted molar refractivity (Wildman–Crippen MR) is 87.1 cm³/mol. The Labute approximate surface area is 140 Å². The van der Waals surface area contributed by atoms with E-state index in [4.69, 9.17) is 4.74 Å². The molecule has 24 heavy (non-hydrogen) atoms. The number of anilines is 1. The van der Waals surface area contributed by atoms with Crippen LogP contribution < -0.4 is 10.1 Å². The molecule has 0 aromatic heterocycles. The van der Waals surface area contributed by atoms with Gasteiger partial charge in [-0.15, -0.1) is 0 Å². The first-order chi connectivity index (χ1) is 11.2. The van der Waals surface area contributed by atoms with Gasteiger partial charge in [0, 0.05) is 11.8 Å². The number of benzene rings is 1. The highest BCUT2D eigenvalue weighted by Gasteiger charge is 2.16. The number of halogens is 1. The molecule has 0 fully saturated rings. The minimum atomic E-state index is -0.783. The molecular formula is C17H22FNO5. The number of hydrogen-bond acceptors (Lipinski definition) is 6. The third-order valence-electron chi connectivity index (χ3n) is 2.74. The van der Waals surface area contributed by atoms with Crippen molar-refractivity contribution in [3.8, 4) is 5.75 Å². The largest absolute Gasteiger partial charge is 0.490 e. The normalized spacial score (nSPS) is 11.7. The van der Waals surface area contributed by atoms with Crippen LogP contribution in [0.15, 0.2) is 30.0 Å². The average Bonchev–Trinajstić information content (AvgIpc) is 2.51. The molecule has 0 aliphatic carbocycles. The van der Waals surface area contributed by atoms with Gasteiger partial charge in [0.2, 0.25) is 0 Å². The van der Waals surface area contributed by atoms with Gasteiger partial charge in [-0.1, -0.05) is 20.8 Å². The van der Waals surface area contributed by atoms with Gasteiger partial charge in [-0.05, 0) is 17.5 Å². The van der Waals surface area contributed by atoms with Gasteiger partial charge in [0.05, 0.1) is 26.9 Å². The molecule has 1 rings (SSSR count). The Morgan fingerprint density at radius 3 is 2.38 bits per heavy atom. The van der Waals surface area contributed by atoms with Crippen LogP contribution in [0, 0.1) is 11.2 Å². The predicted octanol–water partition coefficient (Wildman–Crippen LogP) is 2.89. The molecular weight excluding hydrogens is 317 g/mol. The summed E-state index contributed by atoms with van der Waals surface area (Å²) in [6, 6.07) is 4.12. The fourth-order valence-electron chi connectivity index (χ4n) is 1.58. The lowest BCUT2D eigenvalue weighted by atomic mass is 9.99. The summed E-state index contributed by atoms with van der Waals surface area (Å²) < 4.78 is 28.6. The van der Waals surface area contributed by atoms with Crippen molar-refractivity contribution in [3.05, 3.63) is 35.8 Å². The van der Waals surface area contributed by atoms with Gasteiger partial charge in [-0.25, -0.2) is 14.0 Å². The molecule has 0 amide bonds. The minimum Gasteiger partial charge on any atom is -0.490 e. The maximum absolute atomic E-state index is 14.1. The zero-order valence-electron chi connectivity index (χ0n) is 14.4. The van der Waals surface area contributed by atoms with Gasteiger partial charge in [0.15, 0.2) is 11.6 Å². The molecule has 6 nitrogen and oxygen atoms in total. The van der Waals surface area contributed by atoms with E-state index in [0.717, 1.165) is 12.1 Å². The van der Waals surface area contributed by atoms with Crippen molar-refractivity contribution in [2.24, 2.45) is 5.41 Å². The zero-order chi connectivity index (χ0) is 18.3. The van der Waals surface area contributed by atoms with Crippen molar-refractivity contribution in [2.75, 3.05) is 26.1 Å². The van der Waals surface area contributed by atoms with Crippen LogP contribution in [0.5, 0.6) is 5.75 Å². The highest BCUT2D eigenvalue weighted by molar-refractivity contribution is 5.98. The number of carbonyl (C=O) groups is 2. The Balaban J connectivity index is 2.93. The number of hydrogen-bond donors (Lipinski definition) is 1.